The van der Waals surface area contributed by atoms with Gasteiger partial charge in [0.15, 0.2) is 5.65 Å². The number of nitrogen functional groups attached to an aromatic ring is 1. The number of aromatic nitrogens is 2. The summed E-state index contributed by atoms with van der Waals surface area (Å²) < 4.78 is 26.9. The third kappa shape index (κ3) is 3.11. The van der Waals surface area contributed by atoms with E-state index in [2.05, 4.69) is 10.5 Å². The van der Waals surface area contributed by atoms with Gasteiger partial charge in [-0.15, -0.1) is 0 Å². The third-order valence-corrected chi connectivity index (χ3v) is 6.30. The van der Waals surface area contributed by atoms with Gasteiger partial charge >= 0.3 is 6.09 Å². The number of hydrogen-bond donors (Lipinski definition) is 2. The average Bonchev–Trinajstić information content (AvgIpc) is 3.38. The number of amides is 1. The minimum absolute atomic E-state index is 0.140. The molecule has 0 spiro atoms. The lowest BCUT2D eigenvalue weighted by atomic mass is 10.2. The van der Waals surface area contributed by atoms with Crippen LogP contribution in [0.15, 0.2) is 53.7 Å². The highest BCUT2D eigenvalue weighted by Gasteiger charge is 2.23. The quantitative estimate of drug-likeness (QED) is 0.644. The Morgan fingerprint density at radius 1 is 1.14 bits per heavy atom. The molecular formula is C18H19N5O4S. The average molecular weight is 401 g/mol. The van der Waals surface area contributed by atoms with Crippen LogP contribution in [-0.4, -0.2) is 41.5 Å². The number of fused-ring (bicyclic) bond motifs is 1. The summed E-state index contributed by atoms with van der Waals surface area (Å²) in [6.45, 7) is 1.29. The maximum absolute atomic E-state index is 12.9. The minimum atomic E-state index is -3.83. The van der Waals surface area contributed by atoms with E-state index in [0.717, 1.165) is 16.8 Å². The van der Waals surface area contributed by atoms with Gasteiger partial charge in [-0.1, -0.05) is 18.2 Å². The number of carbonyl (C=O) groups is 1. The van der Waals surface area contributed by atoms with Crippen molar-refractivity contribution >= 4 is 38.5 Å². The number of nitrogens with zero attached hydrogens (tertiary/aromatic N) is 3. The van der Waals surface area contributed by atoms with E-state index in [1.165, 1.54) is 24.5 Å². The maximum atomic E-state index is 12.9. The van der Waals surface area contributed by atoms with Gasteiger partial charge in [-0.2, -0.15) is 0 Å². The van der Waals surface area contributed by atoms with Crippen LogP contribution in [0, 0.1) is 0 Å². The SMILES string of the molecule is Nc1cnc2c(ccn2S(=O)(=O)c2ccccc2)c1NOC(=O)N1CCCC1. The standard InChI is InChI=1S/C18H19N5O4S/c19-15-12-20-17-14(16(15)21-27-18(24)22-9-4-5-10-22)8-11-23(17)28(25,26)13-6-2-1-3-7-13/h1-3,6-8,11-12H,4-5,9-10,19H2,(H,20,21). The van der Waals surface area contributed by atoms with E-state index in [4.69, 9.17) is 10.6 Å². The zero-order valence-electron chi connectivity index (χ0n) is 14.9. The molecule has 1 aliphatic heterocycles. The van der Waals surface area contributed by atoms with Gasteiger partial charge in [-0.25, -0.2) is 27.6 Å². The number of nitrogens with one attached hydrogen (secondary N) is 1. The normalized spacial score (nSPS) is 14.4. The van der Waals surface area contributed by atoms with Gasteiger partial charge in [0, 0.05) is 24.7 Å². The number of benzene rings is 1. The van der Waals surface area contributed by atoms with E-state index < -0.39 is 16.1 Å². The van der Waals surface area contributed by atoms with Crippen molar-refractivity contribution in [3.05, 3.63) is 48.8 Å². The molecule has 0 bridgehead atoms. The van der Waals surface area contributed by atoms with Crippen molar-refractivity contribution < 1.29 is 18.0 Å². The molecular weight excluding hydrogens is 382 g/mol. The van der Waals surface area contributed by atoms with Crippen LogP contribution in [0.1, 0.15) is 12.8 Å². The fourth-order valence-electron chi connectivity index (χ4n) is 3.15. The molecule has 28 heavy (non-hydrogen) atoms. The summed E-state index contributed by atoms with van der Waals surface area (Å²) >= 11 is 0. The molecule has 2 aromatic heterocycles. The first-order valence-corrected chi connectivity index (χ1v) is 10.2. The summed E-state index contributed by atoms with van der Waals surface area (Å²) in [5, 5.41) is 0.425. The minimum Gasteiger partial charge on any atom is -0.396 e. The first kappa shape index (κ1) is 18.1. The van der Waals surface area contributed by atoms with Crippen LogP contribution in [0.4, 0.5) is 16.2 Å². The molecule has 10 heteroatoms. The lowest BCUT2D eigenvalue weighted by molar-refractivity contribution is 0.132. The Morgan fingerprint density at radius 2 is 1.86 bits per heavy atom. The summed E-state index contributed by atoms with van der Waals surface area (Å²) in [6.07, 6.45) is 4.10. The Hall–Kier alpha value is -3.27. The molecule has 0 aliphatic carbocycles. The van der Waals surface area contributed by atoms with Crippen molar-refractivity contribution in [1.82, 2.24) is 13.9 Å². The first-order valence-electron chi connectivity index (χ1n) is 8.76. The van der Waals surface area contributed by atoms with Crippen molar-refractivity contribution in [2.45, 2.75) is 17.7 Å². The smallest absolute Gasteiger partial charge is 0.396 e. The Balaban J connectivity index is 1.68. The fraction of sp³-hybridized carbons (Fsp3) is 0.222. The monoisotopic (exact) mass is 401 g/mol. The summed E-state index contributed by atoms with van der Waals surface area (Å²) in [5.41, 5.74) is 9.24. The van der Waals surface area contributed by atoms with Crippen molar-refractivity contribution in [3.8, 4) is 0 Å². The topological polar surface area (TPSA) is 120 Å². The van der Waals surface area contributed by atoms with Crippen LogP contribution < -0.4 is 11.2 Å². The Labute approximate surface area is 161 Å². The maximum Gasteiger partial charge on any atom is 0.434 e. The van der Waals surface area contributed by atoms with Gasteiger partial charge in [0.05, 0.1) is 16.8 Å². The molecule has 146 valence electrons. The largest absolute Gasteiger partial charge is 0.434 e. The Bertz CT molecular complexity index is 1120. The Kier molecular flexibility index (Phi) is 4.55. The van der Waals surface area contributed by atoms with Gasteiger partial charge < -0.3 is 15.5 Å². The van der Waals surface area contributed by atoms with Crippen LogP contribution in [0.2, 0.25) is 0 Å². The Morgan fingerprint density at radius 3 is 2.57 bits per heavy atom. The van der Waals surface area contributed by atoms with Gasteiger partial charge in [-0.05, 0) is 31.0 Å². The van der Waals surface area contributed by atoms with E-state index in [1.54, 1.807) is 29.2 Å². The number of rotatable bonds is 4. The van der Waals surface area contributed by atoms with E-state index >= 15 is 0 Å². The molecule has 0 radical (unpaired) electrons. The second-order valence-electron chi connectivity index (χ2n) is 6.42. The second kappa shape index (κ2) is 7.04. The van der Waals surface area contributed by atoms with E-state index in [1.807, 2.05) is 0 Å². The second-order valence-corrected chi connectivity index (χ2v) is 8.23. The molecule has 3 aromatic rings. The lowest BCUT2D eigenvalue weighted by Gasteiger charge is -2.16. The molecule has 1 saturated heterocycles. The van der Waals surface area contributed by atoms with E-state index in [0.29, 0.717) is 24.2 Å². The van der Waals surface area contributed by atoms with E-state index in [9.17, 15) is 13.2 Å². The van der Waals surface area contributed by atoms with Crippen molar-refractivity contribution in [3.63, 3.8) is 0 Å². The van der Waals surface area contributed by atoms with Crippen LogP contribution in [0.3, 0.4) is 0 Å². The zero-order valence-corrected chi connectivity index (χ0v) is 15.7. The summed E-state index contributed by atoms with van der Waals surface area (Å²) in [5.74, 6) is 0. The van der Waals surface area contributed by atoms with Crippen molar-refractivity contribution in [2.75, 3.05) is 24.3 Å². The molecule has 4 rings (SSSR count). The number of anilines is 2. The van der Waals surface area contributed by atoms with Crippen molar-refractivity contribution in [1.29, 1.82) is 0 Å². The number of nitrogens with two attached hydrogens (primary N) is 1. The highest BCUT2D eigenvalue weighted by molar-refractivity contribution is 7.90. The lowest BCUT2D eigenvalue weighted by Crippen LogP contribution is -2.30. The predicted molar refractivity (Wildman–Crippen MR) is 104 cm³/mol. The molecule has 1 aromatic carbocycles. The fourth-order valence-corrected chi connectivity index (χ4v) is 4.47. The van der Waals surface area contributed by atoms with Gasteiger partial charge in [0.2, 0.25) is 0 Å². The van der Waals surface area contributed by atoms with Gasteiger partial charge in [0.25, 0.3) is 10.0 Å². The van der Waals surface area contributed by atoms with Crippen LogP contribution >= 0.6 is 0 Å². The molecule has 3 heterocycles. The number of pyridine rings is 1. The molecule has 0 unspecified atom stereocenters. The molecule has 0 saturated carbocycles. The molecule has 0 atom stereocenters. The van der Waals surface area contributed by atoms with Crippen LogP contribution in [0.25, 0.3) is 11.0 Å². The number of carbonyl (C=O) groups excluding carboxylic acids is 1. The molecule has 3 N–H and O–H groups in total. The highest BCUT2D eigenvalue weighted by atomic mass is 32.2. The van der Waals surface area contributed by atoms with Crippen molar-refractivity contribution in [2.24, 2.45) is 0 Å². The predicted octanol–water partition coefficient (Wildman–Crippen LogP) is 2.41. The summed E-state index contributed by atoms with van der Waals surface area (Å²) in [6, 6.07) is 9.61. The molecule has 1 amide bonds. The van der Waals surface area contributed by atoms with Crippen LogP contribution in [0.5, 0.6) is 0 Å². The summed E-state index contributed by atoms with van der Waals surface area (Å²) in [4.78, 5) is 23.1. The van der Waals surface area contributed by atoms with E-state index in [-0.39, 0.29) is 16.2 Å². The highest BCUT2D eigenvalue weighted by Crippen LogP contribution is 2.30. The third-order valence-electron chi connectivity index (χ3n) is 4.61. The molecule has 9 nitrogen and oxygen atoms in total. The molecule has 1 fully saturated rings. The summed E-state index contributed by atoms with van der Waals surface area (Å²) in [7, 11) is -3.83. The molecule has 1 aliphatic rings. The first-order chi connectivity index (χ1) is 13.5. The zero-order chi connectivity index (χ0) is 19.7. The van der Waals surface area contributed by atoms with Gasteiger partial charge in [0.1, 0.15) is 5.69 Å². The number of likely N-dealkylation sites (tertiary alicyclic amines) is 1. The number of hydrogen-bond acceptors (Lipinski definition) is 7. The van der Waals surface area contributed by atoms with Crippen LogP contribution in [-0.2, 0) is 14.9 Å². The van der Waals surface area contributed by atoms with Gasteiger partial charge in [-0.3, -0.25) is 0 Å².